The molecule has 0 N–H and O–H groups in total. The maximum Gasteiger partial charge on any atom is 0.191 e. The summed E-state index contributed by atoms with van der Waals surface area (Å²) in [6.45, 7) is 0. The van der Waals surface area contributed by atoms with Crippen LogP contribution in [0.4, 0.5) is 4.39 Å². The van der Waals surface area contributed by atoms with E-state index in [9.17, 15) is 9.18 Å². The molecule has 4 fully saturated rings. The lowest BCUT2D eigenvalue weighted by atomic mass is 9.48. The van der Waals surface area contributed by atoms with E-state index in [0.717, 1.165) is 47.7 Å². The molecule has 1 heterocycles. The van der Waals surface area contributed by atoms with Crippen molar-refractivity contribution in [1.82, 2.24) is 14.8 Å². The summed E-state index contributed by atoms with van der Waals surface area (Å²) in [5.74, 6) is 3.66. The van der Waals surface area contributed by atoms with Crippen LogP contribution in [0.1, 0.15) is 38.5 Å². The van der Waals surface area contributed by atoms with E-state index in [1.165, 1.54) is 43.2 Å². The van der Waals surface area contributed by atoms with Gasteiger partial charge < -0.3 is 4.57 Å². The monoisotopic (exact) mass is 385 g/mol. The second-order valence-corrected chi connectivity index (χ2v) is 9.72. The normalized spacial score (nSPS) is 31.4. The molecule has 0 spiro atoms. The summed E-state index contributed by atoms with van der Waals surface area (Å²) in [6.07, 6.45) is 7.38. The van der Waals surface area contributed by atoms with E-state index in [0.29, 0.717) is 17.4 Å². The third-order valence-corrected chi connectivity index (χ3v) is 7.92. The van der Waals surface area contributed by atoms with Gasteiger partial charge in [0, 0.05) is 18.0 Å². The number of nitrogens with zero attached hydrogens (tertiary/aromatic N) is 3. The summed E-state index contributed by atoms with van der Waals surface area (Å²) in [5.41, 5.74) is 0.769. The lowest BCUT2D eigenvalue weighted by Gasteiger charge is -2.56. The maximum atomic E-state index is 13.2. The molecule has 4 aliphatic carbocycles. The van der Waals surface area contributed by atoms with E-state index < -0.39 is 0 Å². The van der Waals surface area contributed by atoms with Gasteiger partial charge in [-0.15, -0.1) is 10.2 Å². The molecule has 4 saturated carbocycles. The summed E-state index contributed by atoms with van der Waals surface area (Å²) in [4.78, 5) is 13.2. The highest BCUT2D eigenvalue weighted by Crippen LogP contribution is 2.60. The number of aromatic nitrogens is 3. The van der Waals surface area contributed by atoms with Crippen LogP contribution < -0.4 is 0 Å². The minimum atomic E-state index is -0.267. The summed E-state index contributed by atoms with van der Waals surface area (Å²) < 4.78 is 15.0. The zero-order valence-corrected chi connectivity index (χ0v) is 16.3. The van der Waals surface area contributed by atoms with E-state index in [1.54, 1.807) is 12.1 Å². The van der Waals surface area contributed by atoms with Crippen molar-refractivity contribution in [3.8, 4) is 11.4 Å². The lowest BCUT2D eigenvalue weighted by molar-refractivity contribution is -0.141. The third kappa shape index (κ3) is 3.02. The predicted octanol–water partition coefficient (Wildman–Crippen LogP) is 4.50. The first-order valence-electron chi connectivity index (χ1n) is 9.84. The maximum absolute atomic E-state index is 13.2. The Morgan fingerprint density at radius 1 is 1.11 bits per heavy atom. The fourth-order valence-electron chi connectivity index (χ4n) is 6.03. The van der Waals surface area contributed by atoms with Crippen molar-refractivity contribution >= 4 is 17.5 Å². The molecular formula is C21H24FN3OS. The molecule has 4 nitrogen and oxygen atoms in total. The number of thioether (sulfide) groups is 1. The van der Waals surface area contributed by atoms with E-state index in [-0.39, 0.29) is 11.2 Å². The molecular weight excluding hydrogens is 361 g/mol. The predicted molar refractivity (Wildman–Crippen MR) is 103 cm³/mol. The molecule has 0 atom stereocenters. The average molecular weight is 386 g/mol. The molecule has 0 saturated heterocycles. The molecule has 6 rings (SSSR count). The Kier molecular flexibility index (Phi) is 4.15. The number of halogens is 1. The van der Waals surface area contributed by atoms with Crippen LogP contribution in [0.5, 0.6) is 0 Å². The van der Waals surface area contributed by atoms with Gasteiger partial charge in [0.05, 0.1) is 5.75 Å². The molecule has 2 aromatic rings. The van der Waals surface area contributed by atoms with Crippen molar-refractivity contribution in [3.63, 3.8) is 0 Å². The highest BCUT2D eigenvalue weighted by molar-refractivity contribution is 7.99. The van der Waals surface area contributed by atoms with Gasteiger partial charge in [-0.1, -0.05) is 11.8 Å². The molecule has 6 heteroatoms. The summed E-state index contributed by atoms with van der Waals surface area (Å²) in [6, 6.07) is 6.25. The molecule has 27 heavy (non-hydrogen) atoms. The summed E-state index contributed by atoms with van der Waals surface area (Å²) in [7, 11) is 1.90. The number of carbonyl (C=O) groups excluding carboxylic acids is 1. The molecule has 1 aromatic heterocycles. The van der Waals surface area contributed by atoms with Gasteiger partial charge in [0.25, 0.3) is 0 Å². The Morgan fingerprint density at radius 2 is 1.70 bits per heavy atom. The molecule has 4 bridgehead atoms. The lowest BCUT2D eigenvalue weighted by Crippen LogP contribution is -2.50. The number of hydrogen-bond donors (Lipinski definition) is 0. The zero-order valence-electron chi connectivity index (χ0n) is 15.5. The van der Waals surface area contributed by atoms with Crippen molar-refractivity contribution in [2.75, 3.05) is 5.75 Å². The van der Waals surface area contributed by atoms with Crippen LogP contribution in [-0.2, 0) is 11.8 Å². The quantitative estimate of drug-likeness (QED) is 0.711. The molecule has 142 valence electrons. The van der Waals surface area contributed by atoms with Gasteiger partial charge in [-0.3, -0.25) is 4.79 Å². The van der Waals surface area contributed by atoms with Gasteiger partial charge in [-0.25, -0.2) is 4.39 Å². The molecule has 0 aliphatic heterocycles. The first kappa shape index (κ1) is 17.4. The SMILES string of the molecule is Cn1c(SCC(=O)C23CC4CC(CC(C4)C2)C3)nnc1-c1ccc(F)cc1. The summed E-state index contributed by atoms with van der Waals surface area (Å²) in [5, 5.41) is 9.25. The van der Waals surface area contributed by atoms with E-state index in [4.69, 9.17) is 0 Å². The highest BCUT2D eigenvalue weighted by Gasteiger charge is 2.54. The average Bonchev–Trinajstić information content (AvgIpc) is 3.00. The number of carbonyl (C=O) groups is 1. The third-order valence-electron chi connectivity index (χ3n) is 6.90. The van der Waals surface area contributed by atoms with Gasteiger partial charge in [0.15, 0.2) is 11.0 Å². The first-order chi connectivity index (χ1) is 13.0. The van der Waals surface area contributed by atoms with Crippen molar-refractivity contribution in [3.05, 3.63) is 30.1 Å². The van der Waals surface area contributed by atoms with E-state index in [1.807, 2.05) is 11.6 Å². The Balaban J connectivity index is 1.29. The van der Waals surface area contributed by atoms with Gasteiger partial charge in [-0.2, -0.15) is 0 Å². The largest absolute Gasteiger partial charge is 0.305 e. The van der Waals surface area contributed by atoms with Gasteiger partial charge in [0.1, 0.15) is 11.6 Å². The Bertz CT molecular complexity index is 841. The van der Waals surface area contributed by atoms with Crippen LogP contribution in [0, 0.1) is 29.0 Å². The number of Topliss-reactive ketones (excluding diaryl/α,β-unsaturated/α-hetero) is 1. The molecule has 1 aromatic carbocycles. The van der Waals surface area contributed by atoms with E-state index in [2.05, 4.69) is 10.2 Å². The Hall–Kier alpha value is -1.69. The smallest absolute Gasteiger partial charge is 0.191 e. The fraction of sp³-hybridized carbons (Fsp3) is 0.571. The van der Waals surface area contributed by atoms with Gasteiger partial charge in [-0.05, 0) is 80.5 Å². The highest BCUT2D eigenvalue weighted by atomic mass is 32.2. The second-order valence-electron chi connectivity index (χ2n) is 8.78. The topological polar surface area (TPSA) is 47.8 Å². The van der Waals surface area contributed by atoms with Crippen molar-refractivity contribution in [2.45, 2.75) is 43.7 Å². The van der Waals surface area contributed by atoms with Crippen LogP contribution in [0.2, 0.25) is 0 Å². The number of rotatable bonds is 5. The van der Waals surface area contributed by atoms with Crippen LogP contribution in [0.25, 0.3) is 11.4 Å². The minimum Gasteiger partial charge on any atom is -0.305 e. The zero-order chi connectivity index (χ0) is 18.6. The van der Waals surface area contributed by atoms with Crippen molar-refractivity contribution < 1.29 is 9.18 Å². The van der Waals surface area contributed by atoms with Crippen molar-refractivity contribution in [2.24, 2.45) is 30.2 Å². The Labute approximate surface area is 162 Å². The van der Waals surface area contributed by atoms with Crippen LogP contribution in [0.3, 0.4) is 0 Å². The molecule has 0 unspecified atom stereocenters. The van der Waals surface area contributed by atoms with E-state index >= 15 is 0 Å². The fourth-order valence-corrected chi connectivity index (χ4v) is 6.97. The van der Waals surface area contributed by atoms with Crippen molar-refractivity contribution in [1.29, 1.82) is 0 Å². The number of hydrogen-bond acceptors (Lipinski definition) is 4. The number of ketones is 1. The van der Waals surface area contributed by atoms with Crippen LogP contribution in [-0.4, -0.2) is 26.3 Å². The Morgan fingerprint density at radius 3 is 2.30 bits per heavy atom. The standard InChI is InChI=1S/C21H24FN3OS/c1-25-19(16-2-4-17(22)5-3-16)23-24-20(25)27-12-18(26)21-9-13-6-14(10-21)8-15(7-13)11-21/h2-5,13-15H,6-12H2,1H3. The first-order valence-corrected chi connectivity index (χ1v) is 10.8. The second kappa shape index (κ2) is 6.43. The van der Waals surface area contributed by atoms with Crippen LogP contribution >= 0.6 is 11.8 Å². The van der Waals surface area contributed by atoms with Gasteiger partial charge in [0.2, 0.25) is 0 Å². The summed E-state index contributed by atoms with van der Waals surface area (Å²) >= 11 is 1.49. The minimum absolute atomic E-state index is 0.0554. The number of benzene rings is 1. The molecule has 4 aliphatic rings. The van der Waals surface area contributed by atoms with Gasteiger partial charge >= 0.3 is 0 Å². The van der Waals surface area contributed by atoms with Crippen LogP contribution in [0.15, 0.2) is 29.4 Å². The molecule has 0 amide bonds. The molecule has 0 radical (unpaired) electrons.